The highest BCUT2D eigenvalue weighted by Gasteiger charge is 2.05. The van der Waals surface area contributed by atoms with Crippen LogP contribution in [0, 0.1) is 6.92 Å². The Hall–Kier alpha value is -0.830. The van der Waals surface area contributed by atoms with Crippen LogP contribution >= 0.6 is 35.0 Å². The van der Waals surface area contributed by atoms with Crippen LogP contribution in [-0.4, -0.2) is 0 Å². The maximum atomic E-state index is 6.19. The van der Waals surface area contributed by atoms with Gasteiger partial charge in [0.2, 0.25) is 0 Å². The second-order valence-corrected chi connectivity index (χ2v) is 5.90. The van der Waals surface area contributed by atoms with Crippen LogP contribution < -0.4 is 5.73 Å². The van der Waals surface area contributed by atoms with Crippen molar-refractivity contribution >= 4 is 40.7 Å². The monoisotopic (exact) mass is 297 g/mol. The molecule has 0 atom stereocenters. The lowest BCUT2D eigenvalue weighted by molar-refractivity contribution is 1.35. The van der Waals surface area contributed by atoms with E-state index in [1.807, 2.05) is 25.1 Å². The zero-order chi connectivity index (χ0) is 13.1. The minimum atomic E-state index is 0.678. The molecule has 0 aliphatic heterocycles. The van der Waals surface area contributed by atoms with Gasteiger partial charge in [0.1, 0.15) is 0 Å². The first-order valence-corrected chi connectivity index (χ1v) is 7.23. The summed E-state index contributed by atoms with van der Waals surface area (Å²) >= 11 is 14.0. The number of thioether (sulfide) groups is 1. The first kappa shape index (κ1) is 13.6. The highest BCUT2D eigenvalue weighted by atomic mass is 35.5. The second-order valence-electron chi connectivity index (χ2n) is 4.07. The van der Waals surface area contributed by atoms with E-state index in [0.29, 0.717) is 10.7 Å². The number of rotatable bonds is 3. The van der Waals surface area contributed by atoms with Crippen LogP contribution in [-0.2, 0) is 5.75 Å². The highest BCUT2D eigenvalue weighted by molar-refractivity contribution is 7.98. The van der Waals surface area contributed by atoms with Crippen LogP contribution in [0.2, 0.25) is 10.0 Å². The Morgan fingerprint density at radius 3 is 2.50 bits per heavy atom. The number of nitrogen functional groups attached to an aromatic ring is 1. The predicted octanol–water partition coefficient (Wildman–Crippen LogP) is 5.18. The molecule has 0 heterocycles. The Kier molecular flexibility index (Phi) is 4.44. The van der Waals surface area contributed by atoms with E-state index in [9.17, 15) is 0 Å². The van der Waals surface area contributed by atoms with E-state index < -0.39 is 0 Å². The van der Waals surface area contributed by atoms with E-state index in [2.05, 4.69) is 12.1 Å². The Morgan fingerprint density at radius 1 is 1.06 bits per heavy atom. The molecule has 2 aromatic rings. The van der Waals surface area contributed by atoms with Gasteiger partial charge in [-0.05, 0) is 42.3 Å². The molecule has 94 valence electrons. The molecule has 2 N–H and O–H groups in total. The maximum Gasteiger partial charge on any atom is 0.0562 e. The largest absolute Gasteiger partial charge is 0.399 e. The molecule has 0 fully saturated rings. The van der Waals surface area contributed by atoms with Gasteiger partial charge in [-0.2, -0.15) is 0 Å². The fraction of sp³-hybridized carbons (Fsp3) is 0.143. The van der Waals surface area contributed by atoms with Gasteiger partial charge in [0.15, 0.2) is 0 Å². The summed E-state index contributed by atoms with van der Waals surface area (Å²) in [5.41, 5.74) is 8.62. The van der Waals surface area contributed by atoms with Crippen LogP contribution in [0.3, 0.4) is 0 Å². The topological polar surface area (TPSA) is 26.0 Å². The quantitative estimate of drug-likeness (QED) is 0.624. The van der Waals surface area contributed by atoms with Crippen molar-refractivity contribution in [3.63, 3.8) is 0 Å². The SMILES string of the molecule is Cc1ccc(CSc2ccc(N)cc2Cl)c(Cl)c1. The summed E-state index contributed by atoms with van der Waals surface area (Å²) in [5.74, 6) is 0.794. The van der Waals surface area contributed by atoms with Crippen LogP contribution in [0.1, 0.15) is 11.1 Å². The number of halogens is 2. The van der Waals surface area contributed by atoms with Crippen LogP contribution in [0.25, 0.3) is 0 Å². The maximum absolute atomic E-state index is 6.19. The number of hydrogen-bond acceptors (Lipinski definition) is 2. The average molecular weight is 298 g/mol. The van der Waals surface area contributed by atoms with Gasteiger partial charge in [-0.25, -0.2) is 0 Å². The van der Waals surface area contributed by atoms with Crippen molar-refractivity contribution < 1.29 is 0 Å². The molecule has 0 aliphatic rings. The normalized spacial score (nSPS) is 10.6. The smallest absolute Gasteiger partial charge is 0.0562 e. The van der Waals surface area contributed by atoms with Gasteiger partial charge in [0, 0.05) is 21.4 Å². The molecule has 18 heavy (non-hydrogen) atoms. The Bertz CT molecular complexity index is 518. The van der Waals surface area contributed by atoms with Crippen molar-refractivity contribution in [2.45, 2.75) is 17.6 Å². The predicted molar refractivity (Wildman–Crippen MR) is 81.6 cm³/mol. The molecule has 0 unspecified atom stereocenters. The molecule has 2 aromatic carbocycles. The van der Waals surface area contributed by atoms with Crippen LogP contribution in [0.15, 0.2) is 41.3 Å². The molecular weight excluding hydrogens is 285 g/mol. The molecule has 0 radical (unpaired) electrons. The summed E-state index contributed by atoms with van der Waals surface area (Å²) in [7, 11) is 0. The number of nitrogens with two attached hydrogens (primary N) is 1. The fourth-order valence-electron chi connectivity index (χ4n) is 1.56. The van der Waals surface area contributed by atoms with E-state index in [1.165, 1.54) is 5.56 Å². The molecule has 0 amide bonds. The van der Waals surface area contributed by atoms with E-state index in [-0.39, 0.29) is 0 Å². The molecule has 0 spiro atoms. The molecule has 0 aliphatic carbocycles. The molecule has 0 saturated carbocycles. The number of benzene rings is 2. The zero-order valence-electron chi connectivity index (χ0n) is 9.91. The first-order chi connectivity index (χ1) is 8.56. The number of anilines is 1. The summed E-state index contributed by atoms with van der Waals surface area (Å²) in [6, 6.07) is 11.6. The standard InChI is InChI=1S/C14H13Cl2NS/c1-9-2-3-10(12(15)6-9)8-18-14-5-4-11(17)7-13(14)16/h2-7H,8,17H2,1H3. The lowest BCUT2D eigenvalue weighted by Gasteiger charge is -2.07. The van der Waals surface area contributed by atoms with Crippen LogP contribution in [0.4, 0.5) is 5.69 Å². The van der Waals surface area contributed by atoms with Gasteiger partial charge in [0.05, 0.1) is 5.02 Å². The van der Waals surface area contributed by atoms with E-state index in [0.717, 1.165) is 21.2 Å². The van der Waals surface area contributed by atoms with Crippen molar-refractivity contribution in [2.75, 3.05) is 5.73 Å². The van der Waals surface area contributed by atoms with E-state index >= 15 is 0 Å². The average Bonchev–Trinajstić information content (AvgIpc) is 2.30. The minimum absolute atomic E-state index is 0.678. The van der Waals surface area contributed by atoms with Crippen molar-refractivity contribution in [3.05, 3.63) is 57.6 Å². The molecule has 4 heteroatoms. The van der Waals surface area contributed by atoms with Crippen molar-refractivity contribution in [1.82, 2.24) is 0 Å². The molecular formula is C14H13Cl2NS. The molecule has 0 saturated heterocycles. The highest BCUT2D eigenvalue weighted by Crippen LogP contribution is 2.32. The Labute approximate surface area is 121 Å². The third-order valence-electron chi connectivity index (χ3n) is 2.55. The first-order valence-electron chi connectivity index (χ1n) is 5.49. The van der Waals surface area contributed by atoms with Crippen molar-refractivity contribution in [3.8, 4) is 0 Å². The van der Waals surface area contributed by atoms with Gasteiger partial charge in [0.25, 0.3) is 0 Å². The fourth-order valence-corrected chi connectivity index (χ4v) is 3.22. The van der Waals surface area contributed by atoms with Crippen molar-refractivity contribution in [2.24, 2.45) is 0 Å². The lowest BCUT2D eigenvalue weighted by atomic mass is 10.2. The molecule has 1 nitrogen and oxygen atoms in total. The van der Waals surface area contributed by atoms with E-state index in [1.54, 1.807) is 17.8 Å². The van der Waals surface area contributed by atoms with Gasteiger partial charge < -0.3 is 5.73 Å². The van der Waals surface area contributed by atoms with Crippen LogP contribution in [0.5, 0.6) is 0 Å². The third-order valence-corrected chi connectivity index (χ3v) is 4.45. The van der Waals surface area contributed by atoms with E-state index in [4.69, 9.17) is 28.9 Å². The second kappa shape index (κ2) is 5.87. The van der Waals surface area contributed by atoms with Crippen molar-refractivity contribution in [1.29, 1.82) is 0 Å². The Balaban J connectivity index is 2.11. The minimum Gasteiger partial charge on any atom is -0.399 e. The zero-order valence-corrected chi connectivity index (χ0v) is 12.2. The summed E-state index contributed by atoms with van der Waals surface area (Å²) in [6.45, 7) is 2.03. The lowest BCUT2D eigenvalue weighted by Crippen LogP contribution is -1.87. The van der Waals surface area contributed by atoms with Gasteiger partial charge >= 0.3 is 0 Å². The summed E-state index contributed by atoms with van der Waals surface area (Å²) in [4.78, 5) is 1.02. The molecule has 0 aromatic heterocycles. The summed E-state index contributed by atoms with van der Waals surface area (Å²) in [6.07, 6.45) is 0. The summed E-state index contributed by atoms with van der Waals surface area (Å²) in [5, 5.41) is 1.48. The van der Waals surface area contributed by atoms with Gasteiger partial charge in [-0.15, -0.1) is 11.8 Å². The number of hydrogen-bond donors (Lipinski definition) is 1. The molecule has 0 bridgehead atoms. The van der Waals surface area contributed by atoms with Gasteiger partial charge in [-0.3, -0.25) is 0 Å². The summed E-state index contributed by atoms with van der Waals surface area (Å²) < 4.78 is 0. The van der Waals surface area contributed by atoms with Gasteiger partial charge in [-0.1, -0.05) is 35.3 Å². The third kappa shape index (κ3) is 3.35. The number of aryl methyl sites for hydroxylation is 1. The molecule has 2 rings (SSSR count). The Morgan fingerprint density at radius 2 is 1.83 bits per heavy atom.